The Balaban J connectivity index is 1.83. The van der Waals surface area contributed by atoms with Crippen LogP contribution in [-0.4, -0.2) is 26.6 Å². The first-order chi connectivity index (χ1) is 11.8. The molecule has 0 aliphatic heterocycles. The summed E-state index contributed by atoms with van der Waals surface area (Å²) in [5, 5.41) is 2.87. The molecule has 0 saturated heterocycles. The number of hydrogen-bond donors (Lipinski definition) is 1. The molecule has 2 aromatic carbocycles. The van der Waals surface area contributed by atoms with Crippen LogP contribution in [-0.2, 0) is 14.6 Å². The lowest BCUT2D eigenvalue weighted by Crippen LogP contribution is -2.33. The molecule has 3 rings (SSSR count). The van der Waals surface area contributed by atoms with Crippen LogP contribution < -0.4 is 10.1 Å². The van der Waals surface area contributed by atoms with Gasteiger partial charge in [-0.25, -0.2) is 12.8 Å². The maximum absolute atomic E-state index is 13.2. The second-order valence-corrected chi connectivity index (χ2v) is 8.09. The molecule has 0 radical (unpaired) electrons. The van der Waals surface area contributed by atoms with E-state index in [-0.39, 0.29) is 16.8 Å². The van der Waals surface area contributed by atoms with E-state index in [1.165, 1.54) is 48.5 Å². The molecular formula is C18H18FNO4S. The number of rotatable bonds is 6. The molecule has 0 bridgehead atoms. The van der Waals surface area contributed by atoms with Gasteiger partial charge in [0.2, 0.25) is 6.10 Å². The van der Waals surface area contributed by atoms with E-state index in [9.17, 15) is 17.6 Å². The van der Waals surface area contributed by atoms with Crippen molar-refractivity contribution >= 4 is 15.7 Å². The molecule has 1 aliphatic carbocycles. The van der Waals surface area contributed by atoms with Gasteiger partial charge in [0.05, 0.1) is 4.90 Å². The Bertz CT molecular complexity index is 859. The Labute approximate surface area is 145 Å². The van der Waals surface area contributed by atoms with Crippen molar-refractivity contribution in [3.8, 4) is 5.75 Å². The van der Waals surface area contributed by atoms with Crippen LogP contribution in [0.25, 0.3) is 0 Å². The van der Waals surface area contributed by atoms with Crippen molar-refractivity contribution in [2.45, 2.75) is 29.9 Å². The van der Waals surface area contributed by atoms with Gasteiger partial charge in [-0.1, -0.05) is 12.1 Å². The second-order valence-electron chi connectivity index (χ2n) is 6.08. The summed E-state index contributed by atoms with van der Waals surface area (Å²) < 4.78 is 42.0. The summed E-state index contributed by atoms with van der Waals surface area (Å²) in [6, 6.07) is 11.5. The normalized spacial score (nSPS) is 15.4. The monoisotopic (exact) mass is 363 g/mol. The van der Waals surface area contributed by atoms with Gasteiger partial charge < -0.3 is 10.1 Å². The molecule has 5 nitrogen and oxygen atoms in total. The molecule has 1 aliphatic rings. The highest BCUT2D eigenvalue weighted by Crippen LogP contribution is 2.26. The highest BCUT2D eigenvalue weighted by atomic mass is 32.2. The van der Waals surface area contributed by atoms with Crippen LogP contribution in [0.15, 0.2) is 53.4 Å². The minimum atomic E-state index is -3.31. The van der Waals surface area contributed by atoms with Crippen molar-refractivity contribution in [1.29, 1.82) is 0 Å². The lowest BCUT2D eigenvalue weighted by Gasteiger charge is -2.19. The van der Waals surface area contributed by atoms with Crippen molar-refractivity contribution in [1.82, 2.24) is 5.32 Å². The largest absolute Gasteiger partial charge is 0.476 e. The highest BCUT2D eigenvalue weighted by Gasteiger charge is 2.29. The molecule has 1 atom stereocenters. The van der Waals surface area contributed by atoms with Crippen LogP contribution in [0.2, 0.25) is 0 Å². The summed E-state index contributed by atoms with van der Waals surface area (Å²) in [5.41, 5.74) is 0.520. The van der Waals surface area contributed by atoms with E-state index >= 15 is 0 Å². The fraction of sp³-hybridized carbons (Fsp3) is 0.278. The van der Waals surface area contributed by atoms with Gasteiger partial charge >= 0.3 is 0 Å². The van der Waals surface area contributed by atoms with Crippen LogP contribution in [0, 0.1) is 5.82 Å². The van der Waals surface area contributed by atoms with E-state index < -0.39 is 21.8 Å². The molecule has 2 aromatic rings. The number of nitrogens with one attached hydrogen (secondary N) is 1. The van der Waals surface area contributed by atoms with Gasteiger partial charge in [-0.05, 0) is 49.2 Å². The van der Waals surface area contributed by atoms with E-state index in [1.54, 1.807) is 0 Å². The summed E-state index contributed by atoms with van der Waals surface area (Å²) in [6.07, 6.45) is 2.05. The average molecular weight is 363 g/mol. The number of sulfone groups is 1. The molecule has 1 saturated carbocycles. The zero-order valence-corrected chi connectivity index (χ0v) is 14.4. The standard InChI is InChI=1S/C18H18FNO4S/c1-25(22,23)16-10-8-15(9-11-16)24-17(18(21)20-14-6-7-14)12-2-4-13(19)5-3-12/h2-5,8-11,14,17H,6-7H2,1H3,(H,20,21). The van der Waals surface area contributed by atoms with Crippen molar-refractivity contribution in [3.05, 3.63) is 59.9 Å². The molecule has 1 amide bonds. The van der Waals surface area contributed by atoms with E-state index in [4.69, 9.17) is 4.74 Å². The minimum absolute atomic E-state index is 0.159. The zero-order valence-electron chi connectivity index (χ0n) is 13.6. The second kappa shape index (κ2) is 6.84. The van der Waals surface area contributed by atoms with Gasteiger partial charge in [0.25, 0.3) is 5.91 Å². The minimum Gasteiger partial charge on any atom is -0.476 e. The van der Waals surface area contributed by atoms with E-state index in [0.29, 0.717) is 11.3 Å². The van der Waals surface area contributed by atoms with Gasteiger partial charge in [0, 0.05) is 17.9 Å². The first-order valence-electron chi connectivity index (χ1n) is 7.85. The van der Waals surface area contributed by atoms with E-state index in [1.807, 2.05) is 0 Å². The third kappa shape index (κ3) is 4.57. The molecule has 1 fully saturated rings. The number of carbonyl (C=O) groups is 1. The van der Waals surface area contributed by atoms with Crippen LogP contribution in [0.3, 0.4) is 0 Å². The van der Waals surface area contributed by atoms with E-state index in [2.05, 4.69) is 5.32 Å². The number of hydrogen-bond acceptors (Lipinski definition) is 4. The first-order valence-corrected chi connectivity index (χ1v) is 9.75. The molecule has 132 valence electrons. The van der Waals surface area contributed by atoms with Crippen molar-refractivity contribution in [3.63, 3.8) is 0 Å². The fourth-order valence-corrected chi connectivity index (χ4v) is 2.95. The van der Waals surface area contributed by atoms with E-state index in [0.717, 1.165) is 19.1 Å². The predicted molar refractivity (Wildman–Crippen MR) is 90.5 cm³/mol. The number of benzene rings is 2. The number of amides is 1. The Morgan fingerprint density at radius 2 is 1.72 bits per heavy atom. The first kappa shape index (κ1) is 17.4. The van der Waals surface area contributed by atoms with Crippen molar-refractivity contribution in [2.75, 3.05) is 6.26 Å². The summed E-state index contributed by atoms with van der Waals surface area (Å²) in [5.74, 6) is -0.350. The topological polar surface area (TPSA) is 72.5 Å². The SMILES string of the molecule is CS(=O)(=O)c1ccc(OC(C(=O)NC2CC2)c2ccc(F)cc2)cc1. The van der Waals surface area contributed by atoms with Crippen LogP contribution in [0.5, 0.6) is 5.75 Å². The third-order valence-electron chi connectivity index (χ3n) is 3.84. The van der Waals surface area contributed by atoms with Gasteiger partial charge in [-0.15, -0.1) is 0 Å². The van der Waals surface area contributed by atoms with Crippen molar-refractivity contribution in [2.24, 2.45) is 0 Å². The Morgan fingerprint density at radius 3 is 2.24 bits per heavy atom. The van der Waals surface area contributed by atoms with Crippen LogP contribution in [0.4, 0.5) is 4.39 Å². The van der Waals surface area contributed by atoms with Crippen LogP contribution >= 0.6 is 0 Å². The zero-order chi connectivity index (χ0) is 18.0. The molecule has 0 spiro atoms. The molecule has 7 heteroatoms. The van der Waals surface area contributed by atoms with Gasteiger partial charge in [0.1, 0.15) is 11.6 Å². The summed E-state index contributed by atoms with van der Waals surface area (Å²) in [4.78, 5) is 12.7. The molecule has 0 heterocycles. The molecule has 0 aromatic heterocycles. The summed E-state index contributed by atoms with van der Waals surface area (Å²) in [6.45, 7) is 0. The molecule has 25 heavy (non-hydrogen) atoms. The van der Waals surface area contributed by atoms with Gasteiger partial charge in [0.15, 0.2) is 9.84 Å². The predicted octanol–water partition coefficient (Wildman–Crippen LogP) is 2.63. The van der Waals surface area contributed by atoms with Crippen molar-refractivity contribution < 1.29 is 22.3 Å². The van der Waals surface area contributed by atoms with Crippen LogP contribution in [0.1, 0.15) is 24.5 Å². The maximum atomic E-state index is 13.2. The maximum Gasteiger partial charge on any atom is 0.266 e. The lowest BCUT2D eigenvalue weighted by atomic mass is 10.1. The van der Waals surface area contributed by atoms with Gasteiger partial charge in [-0.2, -0.15) is 0 Å². The summed E-state index contributed by atoms with van der Waals surface area (Å²) in [7, 11) is -3.31. The van der Waals surface area contributed by atoms with Gasteiger partial charge in [-0.3, -0.25) is 4.79 Å². The summed E-state index contributed by atoms with van der Waals surface area (Å²) >= 11 is 0. The Kier molecular flexibility index (Phi) is 4.76. The number of halogens is 1. The average Bonchev–Trinajstić information content (AvgIpc) is 3.37. The highest BCUT2D eigenvalue weighted by molar-refractivity contribution is 7.90. The fourth-order valence-electron chi connectivity index (χ4n) is 2.32. The number of ether oxygens (including phenoxy) is 1. The quantitative estimate of drug-likeness (QED) is 0.856. The molecular weight excluding hydrogens is 345 g/mol. The smallest absolute Gasteiger partial charge is 0.266 e. The Morgan fingerprint density at radius 1 is 1.12 bits per heavy atom. The molecule has 1 N–H and O–H groups in total. The lowest BCUT2D eigenvalue weighted by molar-refractivity contribution is -0.128. The number of carbonyl (C=O) groups excluding carboxylic acids is 1. The third-order valence-corrected chi connectivity index (χ3v) is 4.97. The Hall–Kier alpha value is -2.41. The molecule has 1 unspecified atom stereocenters.